The number of halogens is 7. The van der Waals surface area contributed by atoms with Crippen LogP contribution in [-0.4, -0.2) is 28.3 Å². The Morgan fingerprint density at radius 1 is 1.07 bits per heavy atom. The highest BCUT2D eigenvalue weighted by atomic mass is 19.4. The molecule has 2 rings (SSSR count). The van der Waals surface area contributed by atoms with E-state index in [4.69, 9.17) is 10.5 Å². The highest BCUT2D eigenvalue weighted by Crippen LogP contribution is 2.34. The number of aromatic nitrogens is 2. The largest absolute Gasteiger partial charge is 0.490 e. The van der Waals surface area contributed by atoms with Gasteiger partial charge in [-0.05, 0) is 37.6 Å². The summed E-state index contributed by atoms with van der Waals surface area (Å²) in [5.41, 5.74) is 3.23. The molecule has 0 aliphatic rings. The Balaban J connectivity index is 2.23. The van der Waals surface area contributed by atoms with E-state index in [0.29, 0.717) is 0 Å². The normalized spacial score (nSPS) is 15.3. The molecule has 0 amide bonds. The van der Waals surface area contributed by atoms with Gasteiger partial charge in [-0.2, -0.15) is 13.2 Å². The average molecular weight is 439 g/mol. The van der Waals surface area contributed by atoms with E-state index in [1.165, 1.54) is 19.1 Å². The Labute approximate surface area is 168 Å². The summed E-state index contributed by atoms with van der Waals surface area (Å²) in [6, 6.07) is 4.78. The number of pyridine rings is 2. The van der Waals surface area contributed by atoms with Gasteiger partial charge in [-0.3, -0.25) is 4.98 Å². The Bertz CT molecular complexity index is 856. The Hall–Kier alpha value is -2.43. The van der Waals surface area contributed by atoms with Gasteiger partial charge in [0.05, 0.1) is 11.6 Å². The van der Waals surface area contributed by atoms with Crippen molar-refractivity contribution in [1.82, 2.24) is 9.97 Å². The van der Waals surface area contributed by atoms with Crippen molar-refractivity contribution < 1.29 is 35.5 Å². The molecule has 0 spiro atoms. The average Bonchev–Trinajstić information content (AvgIpc) is 2.65. The molecule has 2 atom stereocenters. The zero-order valence-electron chi connectivity index (χ0n) is 16.1. The summed E-state index contributed by atoms with van der Waals surface area (Å²) in [4.78, 5) is 7.27. The molecule has 4 nitrogen and oxygen atoms in total. The maximum atomic E-state index is 13.5. The van der Waals surface area contributed by atoms with Crippen LogP contribution in [0.25, 0.3) is 11.3 Å². The van der Waals surface area contributed by atoms with Crippen molar-refractivity contribution in [2.45, 2.75) is 44.8 Å². The van der Waals surface area contributed by atoms with Gasteiger partial charge in [0.2, 0.25) is 0 Å². The van der Waals surface area contributed by atoms with Crippen LogP contribution in [0.1, 0.15) is 44.5 Å². The molecule has 0 aliphatic heterocycles. The molecule has 0 radical (unpaired) electrons. The van der Waals surface area contributed by atoms with Crippen molar-refractivity contribution in [2.24, 2.45) is 11.7 Å². The minimum Gasteiger partial charge on any atom is -0.490 e. The van der Waals surface area contributed by atoms with Crippen molar-refractivity contribution in [3.05, 3.63) is 41.9 Å². The molecule has 166 valence electrons. The number of hydrogen-bond donors (Lipinski definition) is 1. The Morgan fingerprint density at radius 3 is 2.30 bits per heavy atom. The lowest BCUT2D eigenvalue weighted by atomic mass is 9.91. The van der Waals surface area contributed by atoms with Crippen LogP contribution in [0.4, 0.5) is 30.7 Å². The number of rotatable bonds is 8. The molecule has 11 heteroatoms. The fourth-order valence-electron chi connectivity index (χ4n) is 2.75. The van der Waals surface area contributed by atoms with Gasteiger partial charge in [-0.25, -0.2) is 22.5 Å². The van der Waals surface area contributed by atoms with E-state index in [1.54, 1.807) is 0 Å². The quantitative estimate of drug-likeness (QED) is 0.536. The lowest BCUT2D eigenvalue weighted by Gasteiger charge is -2.29. The summed E-state index contributed by atoms with van der Waals surface area (Å²) < 4.78 is 96.0. The lowest BCUT2D eigenvalue weighted by molar-refractivity contribution is -0.175. The van der Waals surface area contributed by atoms with E-state index in [9.17, 15) is 30.7 Å². The van der Waals surface area contributed by atoms with Crippen LogP contribution in [0, 0.1) is 5.92 Å². The third kappa shape index (κ3) is 6.28. The van der Waals surface area contributed by atoms with E-state index in [1.807, 2.05) is 0 Å². The number of hydrogen-bond acceptors (Lipinski definition) is 4. The molecule has 30 heavy (non-hydrogen) atoms. The summed E-state index contributed by atoms with van der Waals surface area (Å²) in [6.45, 7) is 1.83. The van der Waals surface area contributed by atoms with Crippen LogP contribution in [0.2, 0.25) is 0 Å². The molecule has 0 aliphatic carbocycles. The second-order valence-corrected chi connectivity index (χ2v) is 7.24. The first-order valence-corrected chi connectivity index (χ1v) is 8.82. The predicted octanol–water partition coefficient (Wildman–Crippen LogP) is 5.70. The number of nitrogens with zero attached hydrogens (tertiary/aromatic N) is 2. The van der Waals surface area contributed by atoms with Crippen LogP contribution in [0.5, 0.6) is 5.75 Å². The van der Waals surface area contributed by atoms with Gasteiger partial charge in [-0.15, -0.1) is 0 Å². The Kier molecular flexibility index (Phi) is 7.27. The van der Waals surface area contributed by atoms with E-state index in [-0.39, 0.29) is 17.0 Å². The minimum atomic E-state index is -4.44. The van der Waals surface area contributed by atoms with Crippen LogP contribution < -0.4 is 10.5 Å². The highest BCUT2D eigenvalue weighted by molar-refractivity contribution is 5.60. The summed E-state index contributed by atoms with van der Waals surface area (Å²) in [6.07, 6.45) is -9.73. The molecule has 0 aromatic carbocycles. The maximum absolute atomic E-state index is 13.5. The number of alkyl halides is 7. The molecule has 2 N–H and O–H groups in total. The first-order valence-electron chi connectivity index (χ1n) is 8.82. The number of nitrogens with two attached hydrogens (primary N) is 1. The Morgan fingerprint density at radius 2 is 1.73 bits per heavy atom. The lowest BCUT2D eigenvalue weighted by Crippen LogP contribution is -2.45. The summed E-state index contributed by atoms with van der Waals surface area (Å²) >= 11 is 0. The predicted molar refractivity (Wildman–Crippen MR) is 95.3 cm³/mol. The summed E-state index contributed by atoms with van der Waals surface area (Å²) in [5, 5.41) is 0. The van der Waals surface area contributed by atoms with Gasteiger partial charge in [0, 0.05) is 17.3 Å². The fourth-order valence-corrected chi connectivity index (χ4v) is 2.75. The monoisotopic (exact) mass is 439 g/mol. The zero-order chi connectivity index (χ0) is 22.7. The molecular formula is C19H20F7N3O. The molecule has 0 fully saturated rings. The zero-order valence-corrected chi connectivity index (χ0v) is 16.1. The highest BCUT2D eigenvalue weighted by Gasteiger charge is 2.40. The van der Waals surface area contributed by atoms with Gasteiger partial charge < -0.3 is 10.5 Å². The van der Waals surface area contributed by atoms with Crippen LogP contribution >= 0.6 is 0 Å². The van der Waals surface area contributed by atoms with Gasteiger partial charge in [0.15, 0.2) is 0 Å². The van der Waals surface area contributed by atoms with Gasteiger partial charge >= 0.3 is 6.18 Å². The molecule has 2 heterocycles. The second kappa shape index (κ2) is 9.15. The fraction of sp³-hybridized carbons (Fsp3) is 0.474. The second-order valence-electron chi connectivity index (χ2n) is 7.24. The third-order valence-corrected chi connectivity index (χ3v) is 4.28. The maximum Gasteiger partial charge on any atom is 0.391 e. The van der Waals surface area contributed by atoms with Crippen molar-refractivity contribution in [2.75, 3.05) is 6.61 Å². The minimum absolute atomic E-state index is 0.0110. The van der Waals surface area contributed by atoms with Crippen LogP contribution in [0.15, 0.2) is 30.5 Å². The van der Waals surface area contributed by atoms with E-state index in [0.717, 1.165) is 25.3 Å². The van der Waals surface area contributed by atoms with Gasteiger partial charge in [0.1, 0.15) is 23.7 Å². The van der Waals surface area contributed by atoms with E-state index in [2.05, 4.69) is 9.97 Å². The molecular weight excluding hydrogens is 419 g/mol. The summed E-state index contributed by atoms with van der Waals surface area (Å²) in [5.74, 6) is -2.06. The van der Waals surface area contributed by atoms with Crippen molar-refractivity contribution in [3.8, 4) is 17.0 Å². The van der Waals surface area contributed by atoms with Crippen molar-refractivity contribution >= 4 is 0 Å². The van der Waals surface area contributed by atoms with E-state index < -0.39 is 54.9 Å². The SMILES string of the molecule is CC(C[C@](C)(N)COc1ccc(-c2ccnc(C(F)F)c2)nc1C(F)F)C(F)(F)F. The standard InChI is InChI=1S/C19H20F7N3O/c1-10(19(24,25)26)8-18(2,27)9-30-14-4-3-12(29-15(14)17(22)23)11-5-6-28-13(7-11)16(20)21/h3-7,10,16-17H,8-9,27H2,1-2H3/t10?,18-/m0/s1. The van der Waals surface area contributed by atoms with Crippen molar-refractivity contribution in [1.29, 1.82) is 0 Å². The number of ether oxygens (including phenoxy) is 1. The molecule has 0 saturated carbocycles. The first kappa shape index (κ1) is 23.8. The van der Waals surface area contributed by atoms with Crippen molar-refractivity contribution in [3.63, 3.8) is 0 Å². The topological polar surface area (TPSA) is 61.0 Å². The first-order chi connectivity index (χ1) is 13.8. The van der Waals surface area contributed by atoms with E-state index >= 15 is 0 Å². The molecule has 2 aromatic heterocycles. The van der Waals surface area contributed by atoms with Gasteiger partial charge in [-0.1, -0.05) is 6.92 Å². The third-order valence-electron chi connectivity index (χ3n) is 4.28. The smallest absolute Gasteiger partial charge is 0.391 e. The molecule has 2 aromatic rings. The van der Waals surface area contributed by atoms with Crippen LogP contribution in [0.3, 0.4) is 0 Å². The van der Waals surface area contributed by atoms with Crippen LogP contribution in [-0.2, 0) is 0 Å². The molecule has 0 saturated heterocycles. The molecule has 1 unspecified atom stereocenters. The van der Waals surface area contributed by atoms with Gasteiger partial charge in [0.25, 0.3) is 12.9 Å². The molecule has 0 bridgehead atoms. The summed E-state index contributed by atoms with van der Waals surface area (Å²) in [7, 11) is 0.